The lowest BCUT2D eigenvalue weighted by Crippen LogP contribution is -2.56. The number of hydrogen-bond acceptors (Lipinski definition) is 8. The molecule has 5 rings (SSSR count). The van der Waals surface area contributed by atoms with Crippen molar-refractivity contribution in [3.8, 4) is 10.4 Å². The van der Waals surface area contributed by atoms with Crippen LogP contribution in [0.25, 0.3) is 10.4 Å². The molecule has 0 bridgehead atoms. The number of nitrogens with zero attached hydrogens (tertiary/aromatic N) is 3. The number of amides is 3. The van der Waals surface area contributed by atoms with Crippen LogP contribution in [0.1, 0.15) is 82.6 Å². The maximum atomic E-state index is 13.9. The third-order valence-electron chi connectivity index (χ3n) is 7.69. The lowest BCUT2D eigenvalue weighted by molar-refractivity contribution is -0.132. The highest BCUT2D eigenvalue weighted by atomic mass is 79.9. The summed E-state index contributed by atoms with van der Waals surface area (Å²) in [5.74, 6) is -0.675. The van der Waals surface area contributed by atoms with E-state index in [2.05, 4.69) is 42.2 Å². The van der Waals surface area contributed by atoms with Crippen LogP contribution in [0.2, 0.25) is 0 Å². The summed E-state index contributed by atoms with van der Waals surface area (Å²) in [5, 5.41) is 3.28. The van der Waals surface area contributed by atoms with E-state index in [-0.39, 0.29) is 24.0 Å². The zero-order valence-electron chi connectivity index (χ0n) is 28.8. The number of Topliss-reactive ketones (excluding diaryl/α,β-unsaturated/α-hetero) is 1. The average molecular weight is 821 g/mol. The monoisotopic (exact) mass is 818 g/mol. The molecule has 0 radical (unpaired) electrons. The second-order valence-corrected chi connectivity index (χ2v) is 16.8. The summed E-state index contributed by atoms with van der Waals surface area (Å²) in [6, 6.07) is 14.7. The van der Waals surface area contributed by atoms with Crippen LogP contribution in [0.3, 0.4) is 0 Å². The number of likely N-dealkylation sites (tertiary alicyclic amines) is 2. The molecule has 1 atom stereocenters. The highest BCUT2D eigenvalue weighted by molar-refractivity contribution is 9.10. The first kappa shape index (κ1) is 38.5. The van der Waals surface area contributed by atoms with Crippen molar-refractivity contribution in [2.75, 3.05) is 26.2 Å². The fourth-order valence-corrected chi connectivity index (χ4v) is 7.10. The van der Waals surface area contributed by atoms with Gasteiger partial charge in [0.15, 0.2) is 11.3 Å². The minimum atomic E-state index is -1.37. The Labute approximate surface area is 309 Å². The van der Waals surface area contributed by atoms with Crippen molar-refractivity contribution < 1.29 is 28.7 Å². The molecule has 2 fully saturated rings. The number of halogens is 2. The lowest BCUT2D eigenvalue weighted by atomic mass is 9.95. The van der Waals surface area contributed by atoms with E-state index in [1.54, 1.807) is 56.1 Å². The third kappa shape index (κ3) is 10.4. The first-order valence-electron chi connectivity index (χ1n) is 16.3. The average Bonchev–Trinajstić information content (AvgIpc) is 3.80. The number of hydrogen-bond donors (Lipinski definition) is 1. The highest BCUT2D eigenvalue weighted by Gasteiger charge is 2.54. The zero-order valence-corrected chi connectivity index (χ0v) is 32.8. The van der Waals surface area contributed by atoms with E-state index < -0.39 is 23.1 Å². The van der Waals surface area contributed by atoms with Gasteiger partial charge < -0.3 is 19.7 Å². The number of carbonyl (C=O) groups excluding carboxylic acids is 4. The maximum absolute atomic E-state index is 13.9. The molecule has 0 spiro atoms. The summed E-state index contributed by atoms with van der Waals surface area (Å²) < 4.78 is 12.7. The van der Waals surface area contributed by atoms with Gasteiger partial charge in [-0.3, -0.25) is 14.5 Å². The van der Waals surface area contributed by atoms with E-state index in [9.17, 15) is 19.2 Å². The molecule has 0 saturated carbocycles. The largest absolute Gasteiger partial charge is 0.444 e. The molecular formula is C36H44Br2N4O6S. The first-order chi connectivity index (χ1) is 23.0. The summed E-state index contributed by atoms with van der Waals surface area (Å²) >= 11 is 8.17. The Hall–Kier alpha value is -3.29. The van der Waals surface area contributed by atoms with Crippen molar-refractivity contribution in [2.24, 2.45) is 0 Å². The number of rotatable bonds is 6. The van der Waals surface area contributed by atoms with Crippen molar-refractivity contribution in [1.29, 1.82) is 0 Å². The van der Waals surface area contributed by atoms with Crippen molar-refractivity contribution >= 4 is 67.1 Å². The topological polar surface area (TPSA) is 118 Å². The van der Waals surface area contributed by atoms with Gasteiger partial charge in [0.1, 0.15) is 16.2 Å². The van der Waals surface area contributed by atoms with Gasteiger partial charge in [0.25, 0.3) is 5.91 Å². The van der Waals surface area contributed by atoms with Gasteiger partial charge in [0.05, 0.1) is 11.4 Å². The van der Waals surface area contributed by atoms with E-state index in [1.807, 2.05) is 45.0 Å². The number of carbonyl (C=O) groups is 4. The molecule has 2 saturated heterocycles. The molecule has 1 N–H and O–H groups in total. The number of benzene rings is 2. The molecule has 0 aliphatic carbocycles. The first-order valence-corrected chi connectivity index (χ1v) is 18.7. The van der Waals surface area contributed by atoms with Crippen molar-refractivity contribution in [3.05, 3.63) is 74.2 Å². The van der Waals surface area contributed by atoms with Gasteiger partial charge in [0, 0.05) is 40.3 Å². The van der Waals surface area contributed by atoms with Crippen LogP contribution in [0.5, 0.6) is 0 Å². The molecule has 10 nitrogen and oxygen atoms in total. The Balaban J connectivity index is 0.000000380. The predicted octanol–water partition coefficient (Wildman–Crippen LogP) is 8.58. The van der Waals surface area contributed by atoms with Gasteiger partial charge in [-0.25, -0.2) is 14.6 Å². The Kier molecular flexibility index (Phi) is 12.7. The molecular weight excluding hydrogens is 776 g/mol. The van der Waals surface area contributed by atoms with Crippen molar-refractivity contribution in [3.63, 3.8) is 0 Å². The number of ketones is 1. The number of ether oxygens (including phenoxy) is 2. The van der Waals surface area contributed by atoms with E-state index in [0.717, 1.165) is 45.3 Å². The summed E-state index contributed by atoms with van der Waals surface area (Å²) in [4.78, 5) is 60.0. The number of aromatic nitrogens is 1. The standard InChI is InChI=1S/C27H27Br2N3O4S.C9H17NO2/c1-26(2,3)36-25(35)32-14-4-13-27(32,23(34)30-15-21(33)17-5-9-19(28)10-6-17)24-31-16-22(37-24)18-7-11-20(29)12-8-18;1-9(2,3)12-8(11)10-6-4-5-7-10/h5-12,16H,4,13-15H2,1-3H3,(H,30,34);4-7H2,1-3H3. The summed E-state index contributed by atoms with van der Waals surface area (Å²) in [5.41, 5.74) is -1.03. The number of thiazole rings is 1. The third-order valence-corrected chi connectivity index (χ3v) is 9.95. The molecule has 13 heteroatoms. The Morgan fingerprint density at radius 3 is 1.94 bits per heavy atom. The van der Waals surface area contributed by atoms with Crippen LogP contribution in [0.4, 0.5) is 9.59 Å². The minimum absolute atomic E-state index is 0.167. The van der Waals surface area contributed by atoms with Crippen LogP contribution in [0.15, 0.2) is 63.7 Å². The Bertz CT molecular complexity index is 1630. The van der Waals surface area contributed by atoms with Gasteiger partial charge in [0.2, 0.25) is 0 Å². The fraction of sp³-hybridized carbons (Fsp3) is 0.472. The SMILES string of the molecule is CC(C)(C)OC(=O)N1CCCC1.CC(C)(C)OC(=O)N1CCCC1(C(=O)NCC(=O)c1ccc(Br)cc1)c1ncc(-c2ccc(Br)cc2)s1. The van der Waals surface area contributed by atoms with Gasteiger partial charge in [-0.15, -0.1) is 11.3 Å². The molecule has 49 heavy (non-hydrogen) atoms. The molecule has 1 unspecified atom stereocenters. The quantitative estimate of drug-likeness (QED) is 0.248. The molecule has 3 heterocycles. The van der Waals surface area contributed by atoms with Crippen LogP contribution < -0.4 is 5.32 Å². The van der Waals surface area contributed by atoms with E-state index in [0.29, 0.717) is 30.0 Å². The molecule has 264 valence electrons. The predicted molar refractivity (Wildman–Crippen MR) is 198 cm³/mol. The normalized spacial score (nSPS) is 17.6. The molecule has 2 aliphatic heterocycles. The van der Waals surface area contributed by atoms with Gasteiger partial charge in [-0.1, -0.05) is 56.1 Å². The van der Waals surface area contributed by atoms with Crippen molar-refractivity contribution in [1.82, 2.24) is 20.1 Å². The fourth-order valence-electron chi connectivity index (χ4n) is 5.42. The van der Waals surface area contributed by atoms with Crippen LogP contribution in [0, 0.1) is 0 Å². The molecule has 3 amide bonds. The second-order valence-electron chi connectivity index (χ2n) is 13.9. The van der Waals surface area contributed by atoms with Gasteiger partial charge in [-0.05, 0) is 97.1 Å². The van der Waals surface area contributed by atoms with Gasteiger partial charge >= 0.3 is 12.2 Å². The smallest absolute Gasteiger partial charge is 0.411 e. The highest BCUT2D eigenvalue weighted by Crippen LogP contribution is 2.43. The van der Waals surface area contributed by atoms with Crippen LogP contribution >= 0.6 is 43.2 Å². The van der Waals surface area contributed by atoms with Gasteiger partial charge in [-0.2, -0.15) is 0 Å². The molecule has 2 aliphatic rings. The summed E-state index contributed by atoms with van der Waals surface area (Å²) in [6.45, 7) is 12.9. The van der Waals surface area contributed by atoms with Crippen molar-refractivity contribution in [2.45, 2.75) is 84.0 Å². The lowest BCUT2D eigenvalue weighted by Gasteiger charge is -2.36. The summed E-state index contributed by atoms with van der Waals surface area (Å²) in [7, 11) is 0. The molecule has 2 aromatic carbocycles. The van der Waals surface area contributed by atoms with E-state index in [4.69, 9.17) is 9.47 Å². The Morgan fingerprint density at radius 1 is 0.816 bits per heavy atom. The summed E-state index contributed by atoms with van der Waals surface area (Å²) in [6.07, 6.45) is 4.16. The maximum Gasteiger partial charge on any atom is 0.411 e. The van der Waals surface area contributed by atoms with E-state index in [1.165, 1.54) is 16.2 Å². The van der Waals surface area contributed by atoms with Crippen LogP contribution in [-0.2, 0) is 19.8 Å². The second kappa shape index (κ2) is 16.2. The van der Waals surface area contributed by atoms with Crippen LogP contribution in [-0.4, -0.2) is 76.0 Å². The molecule has 3 aromatic rings. The van der Waals surface area contributed by atoms with E-state index >= 15 is 0 Å². The zero-order chi connectivity index (χ0) is 36.0. The Morgan fingerprint density at radius 2 is 1.37 bits per heavy atom. The number of nitrogens with one attached hydrogen (secondary N) is 1. The molecule has 1 aromatic heterocycles. The minimum Gasteiger partial charge on any atom is -0.444 e.